The molecule has 13 nitrogen and oxygen atoms in total. The zero-order chi connectivity index (χ0) is 67.1. The number of aromatic nitrogens is 13. The molecule has 20 heteroatoms. The minimum atomic E-state index is 0. The van der Waals surface area contributed by atoms with Crippen LogP contribution in [0, 0.1) is 36.4 Å². The van der Waals surface area contributed by atoms with Crippen LogP contribution in [0.2, 0.25) is 0 Å². The monoisotopic (exact) mass is 2440 g/mol. The molecule has 103 heavy (non-hydrogen) atoms. The molecule has 0 N–H and O–H groups in total. The number of imidazole rings is 6. The largest absolute Gasteiger partial charge is 0.373 e. The minimum Gasteiger partial charge on any atom is -0.373 e. The van der Waals surface area contributed by atoms with E-state index in [0.717, 1.165) is 90.8 Å². The molecule has 0 saturated heterocycles. The minimum absolute atomic E-state index is 0. The third kappa shape index (κ3) is 23.6. The maximum atomic E-state index is 4.68. The molecular formula is C83H71Ir6N13S-6. The van der Waals surface area contributed by atoms with E-state index >= 15 is 0 Å². The molecule has 8 heterocycles. The van der Waals surface area contributed by atoms with Crippen molar-refractivity contribution in [1.29, 1.82) is 0 Å². The van der Waals surface area contributed by atoms with Gasteiger partial charge in [0.2, 0.25) is 0 Å². The van der Waals surface area contributed by atoms with Crippen LogP contribution in [0.25, 0.3) is 112 Å². The van der Waals surface area contributed by atoms with Gasteiger partial charge in [0.1, 0.15) is 0 Å². The average Bonchev–Trinajstić information content (AvgIpc) is 1.84. The predicted octanol–water partition coefficient (Wildman–Crippen LogP) is 18.5. The van der Waals surface area contributed by atoms with Gasteiger partial charge in [-0.05, 0) is 43.0 Å². The van der Waals surface area contributed by atoms with E-state index in [1.807, 2.05) is 253 Å². The molecule has 0 atom stereocenters. The standard InChI is InChI=1S/2C16H13N2.C15H12N3.C14H11N2S.C12H13N2.C10H9N2.6Ir/c1-18-12-15(13-8-4-2-5-9-13)17-16(18)14-10-6-3-7-11-14;1-18-11-10-17-16(18)15-9-5-8-14(12-15)13-6-3-2-4-7-13;1-18-10-9-17-15(18)13-6-4-5-12(11-13)14-7-2-3-8-16-14;1-16-8-7-15-14(16)12-5-2-4-11(10-12)13-6-3-9-17-13;1-10(2)14-9-8-13-12(14)11-6-4-3-5-7-11;1-12-8-7-11-10(12)9-5-3-2-4-6-9;;;;;;/h2-10,12H,1H3;2-8,10-12H,1H3;2-5,7-11H,1H3;2-4,6-10H,1H3;3-6,8-10H,1-2H3;2-5,7-8H,1H3;;;;;;/q6*-1;;;;;;. The fraction of sp³-hybridized carbons (Fsp3) is 0.0964. The van der Waals surface area contributed by atoms with Gasteiger partial charge in [0, 0.05) is 247 Å². The summed E-state index contributed by atoms with van der Waals surface area (Å²) >= 11 is 1.75. The van der Waals surface area contributed by atoms with E-state index in [9.17, 15) is 0 Å². The Morgan fingerprint density at radius 2 is 0.699 bits per heavy atom. The molecule has 0 aliphatic heterocycles. The third-order valence-electron chi connectivity index (χ3n) is 15.3. The molecule has 0 unspecified atom stereocenters. The van der Waals surface area contributed by atoms with Crippen molar-refractivity contribution in [2.75, 3.05) is 0 Å². The molecule has 0 aliphatic carbocycles. The zero-order valence-corrected chi connectivity index (χ0v) is 72.3. The Kier molecular flexibility index (Phi) is 36.3. The van der Waals surface area contributed by atoms with E-state index in [-0.39, 0.29) is 121 Å². The Morgan fingerprint density at radius 1 is 0.301 bits per heavy atom. The van der Waals surface area contributed by atoms with Gasteiger partial charge in [-0.25, -0.2) is 0 Å². The van der Waals surface area contributed by atoms with Gasteiger partial charge in [-0.3, -0.25) is 34.9 Å². The maximum Gasteiger partial charge on any atom is 0.0768 e. The first-order valence-corrected chi connectivity index (χ1v) is 32.4. The summed E-state index contributed by atoms with van der Waals surface area (Å²) in [6, 6.07) is 92.2. The summed E-state index contributed by atoms with van der Waals surface area (Å²) < 4.78 is 12.1. The summed E-state index contributed by atoms with van der Waals surface area (Å²) in [4.78, 5) is 31.9. The van der Waals surface area contributed by atoms with E-state index in [1.54, 1.807) is 42.3 Å². The van der Waals surface area contributed by atoms with E-state index < -0.39 is 0 Å². The van der Waals surface area contributed by atoms with Crippen LogP contribution in [0.4, 0.5) is 0 Å². The Morgan fingerprint density at radius 3 is 1.14 bits per heavy atom. The van der Waals surface area contributed by atoms with Gasteiger partial charge in [0.15, 0.2) is 0 Å². The topological polar surface area (TPSA) is 120 Å². The van der Waals surface area contributed by atoms with Crippen LogP contribution in [0.3, 0.4) is 0 Å². The van der Waals surface area contributed by atoms with Crippen molar-refractivity contribution in [3.8, 4) is 112 Å². The van der Waals surface area contributed by atoms with E-state index in [2.05, 4.69) is 162 Å². The van der Waals surface area contributed by atoms with Crippen LogP contribution >= 0.6 is 11.3 Å². The molecule has 0 saturated carbocycles. The molecule has 8 aromatic heterocycles. The van der Waals surface area contributed by atoms with E-state index in [4.69, 9.17) is 0 Å². The van der Waals surface area contributed by atoms with Gasteiger partial charge < -0.3 is 27.4 Å². The van der Waals surface area contributed by atoms with Gasteiger partial charge in [0.25, 0.3) is 0 Å². The molecule has 0 fully saturated rings. The summed E-state index contributed by atoms with van der Waals surface area (Å²) in [5.41, 5.74) is 13.9. The molecule has 0 spiro atoms. The molecule has 6 radical (unpaired) electrons. The van der Waals surface area contributed by atoms with Crippen molar-refractivity contribution in [2.45, 2.75) is 19.9 Å². The Bertz CT molecular complexity index is 4860. The van der Waals surface area contributed by atoms with Crippen molar-refractivity contribution in [3.05, 3.63) is 335 Å². The van der Waals surface area contributed by atoms with Crippen LogP contribution in [-0.2, 0) is 156 Å². The van der Waals surface area contributed by atoms with E-state index in [1.165, 1.54) is 21.6 Å². The first-order valence-electron chi connectivity index (χ1n) is 31.5. The van der Waals surface area contributed by atoms with Crippen molar-refractivity contribution in [1.82, 2.24) is 62.3 Å². The normalized spacial score (nSPS) is 9.90. The van der Waals surface area contributed by atoms with Gasteiger partial charge in [-0.1, -0.05) is 83.9 Å². The van der Waals surface area contributed by atoms with Gasteiger partial charge in [0.05, 0.1) is 46.3 Å². The molecule has 16 aromatic rings. The molecule has 0 aliphatic rings. The molecule has 8 aromatic carbocycles. The van der Waals surface area contributed by atoms with Gasteiger partial charge in [-0.2, -0.15) is 0 Å². The zero-order valence-electron chi connectivity index (χ0n) is 57.1. The first-order chi connectivity index (χ1) is 47.5. The number of thiophene rings is 1. The molecule has 534 valence electrons. The quantitative estimate of drug-likeness (QED) is 0.118. The Balaban J connectivity index is 0.000000221. The molecular weight excluding hydrogens is 2360 g/mol. The molecule has 0 bridgehead atoms. The summed E-state index contributed by atoms with van der Waals surface area (Å²) in [7, 11) is 9.95. The average molecular weight is 2440 g/mol. The fourth-order valence-electron chi connectivity index (χ4n) is 10.4. The van der Waals surface area contributed by atoms with Crippen LogP contribution in [-0.4, -0.2) is 62.3 Å². The molecule has 16 rings (SSSR count). The number of rotatable bonds is 11. The number of pyridine rings is 1. The van der Waals surface area contributed by atoms with Crippen molar-refractivity contribution in [3.63, 3.8) is 0 Å². The predicted molar refractivity (Wildman–Crippen MR) is 392 cm³/mol. The van der Waals surface area contributed by atoms with Gasteiger partial charge >= 0.3 is 0 Å². The second-order valence-corrected chi connectivity index (χ2v) is 23.4. The second-order valence-electron chi connectivity index (χ2n) is 22.5. The number of benzene rings is 8. The van der Waals surface area contributed by atoms with Crippen molar-refractivity contribution >= 4 is 11.3 Å². The van der Waals surface area contributed by atoms with Gasteiger partial charge in [-0.15, -0.1) is 214 Å². The third-order valence-corrected chi connectivity index (χ3v) is 16.2. The first kappa shape index (κ1) is 85.4. The number of aryl methyl sites for hydroxylation is 5. The smallest absolute Gasteiger partial charge is 0.0768 e. The van der Waals surface area contributed by atoms with Crippen molar-refractivity contribution in [2.24, 2.45) is 35.2 Å². The maximum absolute atomic E-state index is 4.68. The molecule has 0 amide bonds. The van der Waals surface area contributed by atoms with Crippen LogP contribution in [0.5, 0.6) is 0 Å². The second kappa shape index (κ2) is 43.8. The van der Waals surface area contributed by atoms with Crippen molar-refractivity contribution < 1.29 is 121 Å². The summed E-state index contributed by atoms with van der Waals surface area (Å²) in [5.74, 6) is 5.68. The van der Waals surface area contributed by atoms with E-state index in [0.29, 0.717) is 6.04 Å². The SMILES string of the molecule is CC(C)n1ccnc1-c1[c-]cccc1.Cn1cc(-c2ccccc2)nc1-c1[c-]cccc1.Cn1ccnc1-c1[c-]ccc(-c2ccccc2)c1.Cn1ccnc1-c1[c-]ccc(-c2ccccn2)c1.Cn1ccnc1-c1[c-]ccc(-c2cccs2)c1.Cn1ccnc1-c1[c-]cccc1.[Ir].[Ir].[Ir].[Ir].[Ir].[Ir]. The Labute approximate surface area is 689 Å². The van der Waals surface area contributed by atoms with Crippen LogP contribution in [0.1, 0.15) is 19.9 Å². The fourth-order valence-corrected chi connectivity index (χ4v) is 11.1. The number of hydrogen-bond acceptors (Lipinski definition) is 8. The number of nitrogens with zero attached hydrogens (tertiary/aromatic N) is 13. The Hall–Kier alpha value is -8.23. The number of hydrogen-bond donors (Lipinski definition) is 0. The summed E-state index contributed by atoms with van der Waals surface area (Å²) in [6.45, 7) is 4.29. The van der Waals surface area contributed by atoms with Crippen LogP contribution in [0.15, 0.2) is 298 Å². The van der Waals surface area contributed by atoms with Crippen LogP contribution < -0.4 is 0 Å². The summed E-state index contributed by atoms with van der Waals surface area (Å²) in [6.07, 6.45) is 22.6. The summed E-state index contributed by atoms with van der Waals surface area (Å²) in [5, 5.41) is 2.09.